The highest BCUT2D eigenvalue weighted by Gasteiger charge is 2.50. The Kier molecular flexibility index (Phi) is 16.3. The van der Waals surface area contributed by atoms with Crippen molar-refractivity contribution in [1.29, 1.82) is 0 Å². The van der Waals surface area contributed by atoms with E-state index in [1.807, 2.05) is 5.32 Å². The smallest absolute Gasteiger partial charge is 0.408 e. The van der Waals surface area contributed by atoms with E-state index in [0.717, 1.165) is 14.0 Å². The summed E-state index contributed by atoms with van der Waals surface area (Å²) in [5.41, 5.74) is 8.32. The van der Waals surface area contributed by atoms with Gasteiger partial charge in [-0.2, -0.15) is 0 Å². The summed E-state index contributed by atoms with van der Waals surface area (Å²) in [6.07, 6.45) is -18.3. The molecule has 2 amide bonds. The number of aliphatic hydroxyl groups excluding tert-OH is 4. The van der Waals surface area contributed by atoms with Crippen molar-refractivity contribution in [3.05, 3.63) is 10.4 Å². The van der Waals surface area contributed by atoms with Crippen molar-refractivity contribution < 1.29 is 83.0 Å². The van der Waals surface area contributed by atoms with Crippen LogP contribution >= 0.6 is 0 Å². The number of aliphatic carboxylic acids is 2. The lowest BCUT2D eigenvalue weighted by atomic mass is 9.98. The molecule has 0 spiro atoms. The van der Waals surface area contributed by atoms with Crippen molar-refractivity contribution in [3.63, 3.8) is 0 Å². The fourth-order valence-corrected chi connectivity index (χ4v) is 4.57. The maximum Gasteiger partial charge on any atom is 0.408 e. The van der Waals surface area contributed by atoms with Gasteiger partial charge >= 0.3 is 24.1 Å². The maximum absolute atomic E-state index is 12.6. The van der Waals surface area contributed by atoms with Crippen LogP contribution in [0.1, 0.15) is 26.2 Å². The minimum atomic E-state index is -1.87. The number of carboxylic acid groups (broad SMARTS) is 2. The molecule has 0 aromatic heterocycles. The quantitative estimate of drug-likeness (QED) is 0.0348. The van der Waals surface area contributed by atoms with Crippen molar-refractivity contribution in [2.45, 2.75) is 99.7 Å². The van der Waals surface area contributed by atoms with Crippen LogP contribution in [0, 0.1) is 0 Å². The second kappa shape index (κ2) is 19.3. The van der Waals surface area contributed by atoms with Crippen molar-refractivity contribution in [2.75, 3.05) is 34.0 Å². The molecule has 2 heterocycles. The molecule has 2 aliphatic heterocycles. The van der Waals surface area contributed by atoms with E-state index < -0.39 is 104 Å². The van der Waals surface area contributed by atoms with Crippen LogP contribution in [0.4, 0.5) is 9.59 Å². The Morgan fingerprint density at radius 3 is 1.91 bits per heavy atom. The highest BCUT2D eigenvalue weighted by atomic mass is 16.7. The molecule has 47 heavy (non-hydrogen) atoms. The first-order valence-corrected chi connectivity index (χ1v) is 14.3. The summed E-state index contributed by atoms with van der Waals surface area (Å²) in [7, 11) is 2.41. The van der Waals surface area contributed by atoms with E-state index in [9.17, 15) is 44.7 Å². The van der Waals surface area contributed by atoms with Crippen molar-refractivity contribution in [3.8, 4) is 0 Å². The molecule has 2 saturated heterocycles. The summed E-state index contributed by atoms with van der Waals surface area (Å²) in [5.74, 6) is -2.77. The molecule has 0 radical (unpaired) electrons. The van der Waals surface area contributed by atoms with Gasteiger partial charge in [-0.05, 0) is 25.3 Å². The number of hydrogen-bond donors (Lipinski definition) is 8. The van der Waals surface area contributed by atoms with Gasteiger partial charge in [0.15, 0.2) is 24.8 Å². The number of methoxy groups -OCH3 is 2. The number of aliphatic hydroxyl groups is 4. The first-order valence-electron chi connectivity index (χ1n) is 14.3. The largest absolute Gasteiger partial charge is 0.480 e. The number of alkyl carbamates (subject to hydrolysis) is 2. The third-order valence-corrected chi connectivity index (χ3v) is 7.12. The summed E-state index contributed by atoms with van der Waals surface area (Å²) in [6, 6.07) is -2.78. The normalized spacial score (nSPS) is 31.8. The van der Waals surface area contributed by atoms with E-state index in [0.29, 0.717) is 6.42 Å². The van der Waals surface area contributed by atoms with Crippen LogP contribution in [-0.4, -0.2) is 162 Å². The second-order valence-electron chi connectivity index (χ2n) is 10.5. The van der Waals surface area contributed by atoms with Crippen molar-refractivity contribution in [2.24, 2.45) is 5.11 Å². The van der Waals surface area contributed by atoms with Gasteiger partial charge in [0.05, 0.1) is 13.2 Å². The fourth-order valence-electron chi connectivity index (χ4n) is 4.57. The molecule has 0 aromatic rings. The lowest BCUT2D eigenvalue weighted by Crippen LogP contribution is -2.63. The zero-order valence-electron chi connectivity index (χ0n) is 25.7. The molecule has 4 unspecified atom stereocenters. The van der Waals surface area contributed by atoms with Gasteiger partial charge in [0, 0.05) is 25.7 Å². The summed E-state index contributed by atoms with van der Waals surface area (Å²) in [6.45, 7) is 0.380. The molecule has 268 valence electrons. The molecule has 8 N–H and O–H groups in total. The number of nitrogens with one attached hydrogen (secondary N) is 2. The molecule has 2 rings (SSSR count). The van der Waals surface area contributed by atoms with Crippen molar-refractivity contribution in [1.82, 2.24) is 10.6 Å². The summed E-state index contributed by atoms with van der Waals surface area (Å²) in [5, 5.41) is 68.9. The standard InChI is InChI=1S/C25H41N5O17/c1-10(20(35)36)28-24(39)46-19-14(31)12(8-41-2)45-23(17(19)34)43-9-13-15(32)18(16(33)22(42-3)44-13)47-25(40)29-11(21(37)38)6-4-5-7-27-30-26/h10-19,22-23,31-34H,4-9H2,1-3H3,(H,28,39)(H,29,40)(H,35,36)(H,37,38)/t10-,11-,12?,13?,14+,15+,16?,17?,18-,19-,22-,23+/m0/s1. The number of nitrogens with zero attached hydrogens (tertiary/aromatic N) is 3. The summed E-state index contributed by atoms with van der Waals surface area (Å²) in [4.78, 5) is 50.1. The van der Waals surface area contributed by atoms with Crippen LogP contribution < -0.4 is 10.6 Å². The Balaban J connectivity index is 2.11. The van der Waals surface area contributed by atoms with Crippen LogP contribution in [0.15, 0.2) is 5.11 Å². The third kappa shape index (κ3) is 11.6. The molecule has 0 aliphatic carbocycles. The molecule has 2 fully saturated rings. The average Bonchev–Trinajstić information content (AvgIpc) is 3.02. The lowest BCUT2D eigenvalue weighted by molar-refractivity contribution is -0.328. The zero-order chi connectivity index (χ0) is 35.3. The number of carboxylic acids is 2. The molecule has 0 bridgehead atoms. The fraction of sp³-hybridized carbons (Fsp3) is 0.840. The number of rotatable bonds is 17. The van der Waals surface area contributed by atoms with Gasteiger partial charge in [-0.1, -0.05) is 11.5 Å². The molecule has 22 heteroatoms. The Morgan fingerprint density at radius 2 is 1.38 bits per heavy atom. The number of azide groups is 1. The molecule has 0 aromatic carbocycles. The Morgan fingerprint density at radius 1 is 0.830 bits per heavy atom. The molecule has 2 aliphatic rings. The van der Waals surface area contributed by atoms with Gasteiger partial charge in [0.2, 0.25) is 0 Å². The summed E-state index contributed by atoms with van der Waals surface area (Å²) >= 11 is 0. The number of ether oxygens (including phenoxy) is 7. The second-order valence-corrected chi connectivity index (χ2v) is 10.5. The van der Waals surface area contributed by atoms with Gasteiger partial charge < -0.3 is 74.4 Å². The van der Waals surface area contributed by atoms with Gasteiger partial charge in [-0.15, -0.1) is 0 Å². The molecular formula is C25H41N5O17. The van der Waals surface area contributed by atoms with Gasteiger partial charge in [-0.25, -0.2) is 14.4 Å². The van der Waals surface area contributed by atoms with E-state index in [4.69, 9.17) is 43.8 Å². The molecule has 22 nitrogen and oxygen atoms in total. The van der Waals surface area contributed by atoms with Crippen LogP contribution in [0.2, 0.25) is 0 Å². The van der Waals surface area contributed by atoms with Crippen LogP contribution in [-0.2, 0) is 42.7 Å². The van der Waals surface area contributed by atoms with Gasteiger partial charge in [0.25, 0.3) is 0 Å². The maximum atomic E-state index is 12.6. The van der Waals surface area contributed by atoms with Gasteiger partial charge in [0.1, 0.15) is 48.7 Å². The number of carbonyl (C=O) groups is 4. The van der Waals surface area contributed by atoms with Crippen molar-refractivity contribution >= 4 is 24.1 Å². The first-order chi connectivity index (χ1) is 22.2. The third-order valence-electron chi connectivity index (χ3n) is 7.12. The van der Waals surface area contributed by atoms with Crippen LogP contribution in [0.5, 0.6) is 0 Å². The minimum absolute atomic E-state index is 0.0468. The highest BCUT2D eigenvalue weighted by molar-refractivity contribution is 5.80. The lowest BCUT2D eigenvalue weighted by Gasteiger charge is -2.44. The number of carbonyl (C=O) groups excluding carboxylic acids is 2. The molecular weight excluding hydrogens is 642 g/mol. The topological polar surface area (TPSA) is 327 Å². The van der Waals surface area contributed by atoms with E-state index in [-0.39, 0.29) is 26.0 Å². The van der Waals surface area contributed by atoms with E-state index in [2.05, 4.69) is 15.3 Å². The zero-order valence-corrected chi connectivity index (χ0v) is 25.7. The average molecular weight is 684 g/mol. The highest BCUT2D eigenvalue weighted by Crippen LogP contribution is 2.28. The Hall–Kier alpha value is -3.57. The SMILES string of the molecule is COCC1O[C@@H](OCC2O[C@H](OC)C(O)[C@@H](OC(=O)N[C@@H](CCCCN=[N+]=[N-])C(=O)O)[C@@H]2O)C(O)[C@@H](OC(=O)N[C@@H](C)C(=O)O)[C@@H]1O. The predicted molar refractivity (Wildman–Crippen MR) is 149 cm³/mol. The molecule has 12 atom stereocenters. The van der Waals surface area contributed by atoms with Crippen LogP contribution in [0.25, 0.3) is 10.4 Å². The number of hydrogen-bond acceptors (Lipinski definition) is 16. The number of unbranched alkanes of at least 4 members (excludes halogenated alkanes) is 1. The first kappa shape index (κ1) is 39.6. The number of amides is 2. The minimum Gasteiger partial charge on any atom is -0.480 e. The Bertz CT molecular complexity index is 1100. The molecule has 0 saturated carbocycles. The van der Waals surface area contributed by atoms with Gasteiger partial charge in [-0.3, -0.25) is 4.79 Å². The van der Waals surface area contributed by atoms with E-state index in [1.165, 1.54) is 7.11 Å². The van der Waals surface area contributed by atoms with E-state index in [1.54, 1.807) is 0 Å². The van der Waals surface area contributed by atoms with Crippen LogP contribution in [0.3, 0.4) is 0 Å². The van der Waals surface area contributed by atoms with E-state index >= 15 is 0 Å². The summed E-state index contributed by atoms with van der Waals surface area (Å²) < 4.78 is 36.9. The predicted octanol–water partition coefficient (Wildman–Crippen LogP) is -2.21. The monoisotopic (exact) mass is 683 g/mol. The Labute approximate surface area is 267 Å².